The van der Waals surface area contributed by atoms with Crippen LogP contribution in [-0.2, 0) is 6.42 Å². The van der Waals surface area contributed by atoms with Crippen LogP contribution in [0, 0.1) is 0 Å². The van der Waals surface area contributed by atoms with E-state index in [1.54, 1.807) is 5.56 Å². The topological polar surface area (TPSA) is 0 Å². The number of rotatable bonds is 3. The van der Waals surface area contributed by atoms with Gasteiger partial charge in [0, 0.05) is 0 Å². The molecule has 0 aliphatic heterocycles. The standard InChI is InChI=1S/C16H22/c1-13(2)12-15-10-6-7-11-16(15)14-8-4-3-5-9-14/h6-7,10-11,14H,1,3-5,8-9,12H2,2H3. The Morgan fingerprint density at radius 3 is 2.56 bits per heavy atom. The lowest BCUT2D eigenvalue weighted by atomic mass is 9.81. The maximum absolute atomic E-state index is 4.04. The van der Waals surface area contributed by atoms with Crippen LogP contribution >= 0.6 is 0 Å². The van der Waals surface area contributed by atoms with Crippen LogP contribution in [0.25, 0.3) is 0 Å². The van der Waals surface area contributed by atoms with Gasteiger partial charge in [0.1, 0.15) is 0 Å². The third-order valence-electron chi connectivity index (χ3n) is 3.59. The van der Waals surface area contributed by atoms with Gasteiger partial charge in [-0.25, -0.2) is 0 Å². The average molecular weight is 214 g/mol. The molecule has 0 N–H and O–H groups in total. The van der Waals surface area contributed by atoms with Crippen molar-refractivity contribution in [2.24, 2.45) is 0 Å². The van der Waals surface area contributed by atoms with E-state index in [1.807, 2.05) is 0 Å². The minimum absolute atomic E-state index is 0.810. The zero-order chi connectivity index (χ0) is 11.4. The highest BCUT2D eigenvalue weighted by Crippen LogP contribution is 2.34. The molecule has 0 amide bonds. The van der Waals surface area contributed by atoms with Gasteiger partial charge >= 0.3 is 0 Å². The first-order valence-corrected chi connectivity index (χ1v) is 6.49. The van der Waals surface area contributed by atoms with Crippen LogP contribution in [0.2, 0.25) is 0 Å². The molecule has 0 atom stereocenters. The number of hydrogen-bond donors (Lipinski definition) is 0. The van der Waals surface area contributed by atoms with Crippen molar-refractivity contribution in [1.82, 2.24) is 0 Å². The average Bonchev–Trinajstić information content (AvgIpc) is 2.30. The van der Waals surface area contributed by atoms with Crippen molar-refractivity contribution in [3.8, 4) is 0 Å². The first-order chi connectivity index (χ1) is 7.77. The van der Waals surface area contributed by atoms with Crippen molar-refractivity contribution in [2.45, 2.75) is 51.4 Å². The van der Waals surface area contributed by atoms with Gasteiger partial charge in [-0.3, -0.25) is 0 Å². The molecule has 1 aromatic carbocycles. The molecule has 1 aliphatic rings. The second kappa shape index (κ2) is 5.34. The lowest BCUT2D eigenvalue weighted by Crippen LogP contribution is -2.07. The van der Waals surface area contributed by atoms with Gasteiger partial charge in [-0.05, 0) is 43.2 Å². The summed E-state index contributed by atoms with van der Waals surface area (Å²) in [6, 6.07) is 8.95. The van der Waals surface area contributed by atoms with Gasteiger partial charge in [0.2, 0.25) is 0 Å². The van der Waals surface area contributed by atoms with Gasteiger partial charge < -0.3 is 0 Å². The second-order valence-corrected chi connectivity index (χ2v) is 5.17. The predicted octanol–water partition coefficient (Wildman–Crippen LogP) is 4.85. The molecule has 1 aromatic rings. The highest BCUT2D eigenvalue weighted by Gasteiger charge is 2.17. The van der Waals surface area contributed by atoms with E-state index in [9.17, 15) is 0 Å². The van der Waals surface area contributed by atoms with E-state index in [0.717, 1.165) is 12.3 Å². The van der Waals surface area contributed by atoms with E-state index < -0.39 is 0 Å². The summed E-state index contributed by atoms with van der Waals surface area (Å²) in [7, 11) is 0. The van der Waals surface area contributed by atoms with E-state index in [0.29, 0.717) is 0 Å². The van der Waals surface area contributed by atoms with Crippen molar-refractivity contribution >= 4 is 0 Å². The molecule has 1 fully saturated rings. The summed E-state index contributed by atoms with van der Waals surface area (Å²) < 4.78 is 0. The Balaban J connectivity index is 2.20. The lowest BCUT2D eigenvalue weighted by Gasteiger charge is -2.24. The molecule has 1 saturated carbocycles. The van der Waals surface area contributed by atoms with Crippen LogP contribution < -0.4 is 0 Å². The Kier molecular flexibility index (Phi) is 3.82. The molecule has 0 nitrogen and oxygen atoms in total. The van der Waals surface area contributed by atoms with Crippen LogP contribution in [-0.4, -0.2) is 0 Å². The molecular formula is C16H22. The largest absolute Gasteiger partial charge is 0.0998 e. The highest BCUT2D eigenvalue weighted by atomic mass is 14.2. The smallest absolute Gasteiger partial charge is 0.00697 e. The van der Waals surface area contributed by atoms with E-state index in [-0.39, 0.29) is 0 Å². The fraction of sp³-hybridized carbons (Fsp3) is 0.500. The quantitative estimate of drug-likeness (QED) is 0.631. The zero-order valence-electron chi connectivity index (χ0n) is 10.3. The second-order valence-electron chi connectivity index (χ2n) is 5.17. The Hall–Kier alpha value is -1.04. The molecule has 0 spiro atoms. The minimum atomic E-state index is 0.810. The van der Waals surface area contributed by atoms with E-state index in [2.05, 4.69) is 37.8 Å². The Labute approximate surface area is 99.4 Å². The van der Waals surface area contributed by atoms with E-state index in [1.165, 1.54) is 43.2 Å². The first-order valence-electron chi connectivity index (χ1n) is 6.49. The molecule has 0 heterocycles. The third kappa shape index (κ3) is 2.75. The Morgan fingerprint density at radius 1 is 1.19 bits per heavy atom. The monoisotopic (exact) mass is 214 g/mol. The molecule has 0 radical (unpaired) electrons. The maximum atomic E-state index is 4.04. The van der Waals surface area contributed by atoms with Crippen molar-refractivity contribution in [3.05, 3.63) is 47.5 Å². The van der Waals surface area contributed by atoms with E-state index >= 15 is 0 Å². The molecular weight excluding hydrogens is 192 g/mol. The summed E-state index contributed by atoms with van der Waals surface area (Å²) in [6.45, 7) is 6.16. The summed E-state index contributed by atoms with van der Waals surface area (Å²) in [4.78, 5) is 0. The summed E-state index contributed by atoms with van der Waals surface area (Å²) in [5, 5.41) is 0. The SMILES string of the molecule is C=C(C)Cc1ccccc1C1CCCCC1. The molecule has 0 heteroatoms. The van der Waals surface area contributed by atoms with Gasteiger partial charge in [-0.15, -0.1) is 0 Å². The zero-order valence-corrected chi connectivity index (χ0v) is 10.3. The molecule has 1 aliphatic carbocycles. The Morgan fingerprint density at radius 2 is 1.88 bits per heavy atom. The lowest BCUT2D eigenvalue weighted by molar-refractivity contribution is 0.442. The van der Waals surface area contributed by atoms with Crippen LogP contribution in [0.1, 0.15) is 56.1 Å². The summed E-state index contributed by atoms with van der Waals surface area (Å²) >= 11 is 0. The van der Waals surface area contributed by atoms with Crippen LogP contribution in [0.4, 0.5) is 0 Å². The van der Waals surface area contributed by atoms with Gasteiger partial charge in [0.15, 0.2) is 0 Å². The summed E-state index contributed by atoms with van der Waals surface area (Å²) in [5.41, 5.74) is 4.36. The molecule has 0 aromatic heterocycles. The summed E-state index contributed by atoms with van der Waals surface area (Å²) in [6.07, 6.45) is 8.06. The van der Waals surface area contributed by atoms with Crippen molar-refractivity contribution in [2.75, 3.05) is 0 Å². The fourth-order valence-corrected chi connectivity index (χ4v) is 2.83. The van der Waals surface area contributed by atoms with Gasteiger partial charge in [0.25, 0.3) is 0 Å². The van der Waals surface area contributed by atoms with Crippen LogP contribution in [0.3, 0.4) is 0 Å². The molecule has 0 bridgehead atoms. The molecule has 0 saturated heterocycles. The third-order valence-corrected chi connectivity index (χ3v) is 3.59. The minimum Gasteiger partial charge on any atom is -0.0998 e. The number of hydrogen-bond acceptors (Lipinski definition) is 0. The van der Waals surface area contributed by atoms with E-state index in [4.69, 9.17) is 0 Å². The van der Waals surface area contributed by atoms with Crippen LogP contribution in [0.5, 0.6) is 0 Å². The van der Waals surface area contributed by atoms with Crippen molar-refractivity contribution in [3.63, 3.8) is 0 Å². The van der Waals surface area contributed by atoms with Gasteiger partial charge in [-0.2, -0.15) is 0 Å². The fourth-order valence-electron chi connectivity index (χ4n) is 2.83. The van der Waals surface area contributed by atoms with Crippen molar-refractivity contribution < 1.29 is 0 Å². The molecule has 0 unspecified atom stereocenters. The highest BCUT2D eigenvalue weighted by molar-refractivity contribution is 5.33. The van der Waals surface area contributed by atoms with Crippen molar-refractivity contribution in [1.29, 1.82) is 0 Å². The summed E-state index contributed by atoms with van der Waals surface area (Å²) in [5.74, 6) is 0.810. The van der Waals surface area contributed by atoms with Gasteiger partial charge in [-0.1, -0.05) is 55.7 Å². The van der Waals surface area contributed by atoms with Crippen LogP contribution in [0.15, 0.2) is 36.4 Å². The number of allylic oxidation sites excluding steroid dienone is 1. The predicted molar refractivity (Wildman–Crippen MR) is 70.8 cm³/mol. The first kappa shape index (κ1) is 11.4. The maximum Gasteiger partial charge on any atom is -0.00697 e. The molecule has 86 valence electrons. The molecule has 2 rings (SSSR count). The normalized spacial score (nSPS) is 17.3. The Bertz CT molecular complexity index is 356. The van der Waals surface area contributed by atoms with Gasteiger partial charge in [0.05, 0.1) is 0 Å². The number of benzene rings is 1. The molecule has 16 heavy (non-hydrogen) atoms.